The van der Waals surface area contributed by atoms with Gasteiger partial charge in [0, 0.05) is 5.69 Å². The minimum atomic E-state index is -3.93. The average molecular weight is 485 g/mol. The maximum atomic E-state index is 13.1. The van der Waals surface area contributed by atoms with Crippen molar-refractivity contribution in [3.8, 4) is 5.75 Å². The maximum Gasteiger partial charge on any atom is 0.261 e. The van der Waals surface area contributed by atoms with Crippen molar-refractivity contribution in [2.45, 2.75) is 24.7 Å². The molecule has 0 unspecified atom stereocenters. The standard InChI is InChI=1S/C24H24N2O5S2/c1-17-7-13-23(32(27,28)25-20-9-11-21(31-2)12-10-20)16-24(17)26-33(29,30)22-14-8-18-5-3-4-6-19(18)15-22/h3-7,9-13,15-16,25-26H,8,14H2,1-2H3. The van der Waals surface area contributed by atoms with E-state index >= 15 is 0 Å². The molecule has 9 heteroatoms. The number of hydrogen-bond donors (Lipinski definition) is 2. The fourth-order valence-corrected chi connectivity index (χ4v) is 5.96. The Hall–Kier alpha value is -3.30. The molecular weight excluding hydrogens is 460 g/mol. The van der Waals surface area contributed by atoms with E-state index in [9.17, 15) is 16.8 Å². The molecule has 1 aliphatic rings. The van der Waals surface area contributed by atoms with Gasteiger partial charge in [0.05, 0.1) is 22.6 Å². The number of nitrogens with one attached hydrogen (secondary N) is 2. The average Bonchev–Trinajstić information content (AvgIpc) is 2.80. The van der Waals surface area contributed by atoms with Crippen molar-refractivity contribution in [1.29, 1.82) is 0 Å². The highest BCUT2D eigenvalue weighted by Gasteiger charge is 2.23. The first-order valence-corrected chi connectivity index (χ1v) is 13.2. The SMILES string of the molecule is COc1ccc(NS(=O)(=O)c2ccc(C)c(NS(=O)(=O)C3=Cc4ccccc4CC3)c2)cc1. The van der Waals surface area contributed by atoms with E-state index in [4.69, 9.17) is 4.74 Å². The summed E-state index contributed by atoms with van der Waals surface area (Å²) in [5, 5.41) is 0. The highest BCUT2D eigenvalue weighted by molar-refractivity contribution is 7.96. The number of sulfonamides is 2. The van der Waals surface area contributed by atoms with Gasteiger partial charge in [-0.15, -0.1) is 0 Å². The summed E-state index contributed by atoms with van der Waals surface area (Å²) >= 11 is 0. The molecule has 3 aromatic carbocycles. The predicted octanol–water partition coefficient (Wildman–Crippen LogP) is 4.53. The summed E-state index contributed by atoms with van der Waals surface area (Å²) in [6.07, 6.45) is 2.67. The molecule has 0 heterocycles. The third-order valence-corrected chi connectivity index (χ3v) is 8.34. The largest absolute Gasteiger partial charge is 0.497 e. The molecule has 0 aliphatic heterocycles. The first kappa shape index (κ1) is 22.9. The fourth-order valence-electron chi connectivity index (χ4n) is 3.58. The van der Waals surface area contributed by atoms with E-state index in [1.165, 1.54) is 19.2 Å². The Balaban J connectivity index is 1.60. The Bertz CT molecular complexity index is 1430. The third-order valence-electron chi connectivity index (χ3n) is 5.46. The number of methoxy groups -OCH3 is 1. The highest BCUT2D eigenvalue weighted by Crippen LogP contribution is 2.30. The molecule has 0 saturated heterocycles. The first-order valence-electron chi connectivity index (χ1n) is 10.3. The lowest BCUT2D eigenvalue weighted by atomic mass is 9.98. The van der Waals surface area contributed by atoms with E-state index in [1.54, 1.807) is 43.3 Å². The van der Waals surface area contributed by atoms with Crippen LogP contribution in [-0.2, 0) is 26.5 Å². The lowest BCUT2D eigenvalue weighted by Crippen LogP contribution is -2.19. The zero-order valence-corrected chi connectivity index (χ0v) is 19.8. The monoisotopic (exact) mass is 484 g/mol. The molecule has 0 aromatic heterocycles. The van der Waals surface area contributed by atoms with Crippen molar-refractivity contribution in [3.05, 3.63) is 88.3 Å². The molecule has 1 aliphatic carbocycles. The van der Waals surface area contributed by atoms with Crippen LogP contribution in [0.5, 0.6) is 5.75 Å². The Morgan fingerprint density at radius 3 is 2.27 bits per heavy atom. The summed E-state index contributed by atoms with van der Waals surface area (Å²) in [5.41, 5.74) is 3.17. The molecule has 3 aromatic rings. The van der Waals surface area contributed by atoms with Crippen LogP contribution in [0.25, 0.3) is 6.08 Å². The van der Waals surface area contributed by atoms with Crippen molar-refractivity contribution < 1.29 is 21.6 Å². The second kappa shape index (κ2) is 8.92. The number of aryl methyl sites for hydroxylation is 2. The van der Waals surface area contributed by atoms with Crippen LogP contribution in [0, 0.1) is 6.92 Å². The maximum absolute atomic E-state index is 13.1. The summed E-state index contributed by atoms with van der Waals surface area (Å²) < 4.78 is 62.1. The van der Waals surface area contributed by atoms with E-state index in [-0.39, 0.29) is 15.5 Å². The quantitative estimate of drug-likeness (QED) is 0.513. The molecule has 0 atom stereocenters. The summed E-state index contributed by atoms with van der Waals surface area (Å²) in [4.78, 5) is 0.217. The second-order valence-electron chi connectivity index (χ2n) is 7.73. The number of allylic oxidation sites excluding steroid dienone is 1. The lowest BCUT2D eigenvalue weighted by molar-refractivity contribution is 0.415. The summed E-state index contributed by atoms with van der Waals surface area (Å²) in [6.45, 7) is 1.72. The number of hydrogen-bond acceptors (Lipinski definition) is 5. The van der Waals surface area contributed by atoms with Crippen LogP contribution in [0.2, 0.25) is 0 Å². The molecule has 0 fully saturated rings. The van der Waals surface area contributed by atoms with Crippen molar-refractivity contribution in [1.82, 2.24) is 0 Å². The minimum absolute atomic E-state index is 0.0513. The minimum Gasteiger partial charge on any atom is -0.497 e. The van der Waals surface area contributed by atoms with E-state index < -0.39 is 20.0 Å². The second-order valence-corrected chi connectivity index (χ2v) is 11.1. The van der Waals surface area contributed by atoms with Crippen LogP contribution in [-0.4, -0.2) is 23.9 Å². The van der Waals surface area contributed by atoms with Gasteiger partial charge in [-0.3, -0.25) is 9.44 Å². The summed E-state index contributed by atoms with van der Waals surface area (Å²) in [7, 11) is -6.26. The third kappa shape index (κ3) is 5.04. The van der Waals surface area contributed by atoms with E-state index in [0.717, 1.165) is 11.1 Å². The highest BCUT2D eigenvalue weighted by atomic mass is 32.2. The summed E-state index contributed by atoms with van der Waals surface area (Å²) in [5.74, 6) is 0.601. The predicted molar refractivity (Wildman–Crippen MR) is 130 cm³/mol. The molecule has 0 bridgehead atoms. The van der Waals surface area contributed by atoms with Gasteiger partial charge in [0.1, 0.15) is 5.75 Å². The van der Waals surface area contributed by atoms with Crippen LogP contribution >= 0.6 is 0 Å². The molecular formula is C24H24N2O5S2. The van der Waals surface area contributed by atoms with Gasteiger partial charge in [-0.1, -0.05) is 30.3 Å². The van der Waals surface area contributed by atoms with Crippen molar-refractivity contribution in [3.63, 3.8) is 0 Å². The van der Waals surface area contributed by atoms with Crippen LogP contribution in [0.1, 0.15) is 23.1 Å². The number of ether oxygens (including phenoxy) is 1. The van der Waals surface area contributed by atoms with Gasteiger partial charge in [0.2, 0.25) is 0 Å². The van der Waals surface area contributed by atoms with Gasteiger partial charge in [0.25, 0.3) is 20.0 Å². The molecule has 0 saturated carbocycles. The van der Waals surface area contributed by atoms with Crippen molar-refractivity contribution >= 4 is 37.5 Å². The number of benzene rings is 3. The van der Waals surface area contributed by atoms with Crippen molar-refractivity contribution in [2.75, 3.05) is 16.6 Å². The van der Waals surface area contributed by atoms with Gasteiger partial charge >= 0.3 is 0 Å². The van der Waals surface area contributed by atoms with Gasteiger partial charge in [0.15, 0.2) is 0 Å². The van der Waals surface area contributed by atoms with Crippen molar-refractivity contribution in [2.24, 2.45) is 0 Å². The van der Waals surface area contributed by atoms with Crippen LogP contribution in [0.3, 0.4) is 0 Å². The normalized spacial score (nSPS) is 13.6. The van der Waals surface area contributed by atoms with Crippen LogP contribution in [0.15, 0.2) is 76.5 Å². The fraction of sp³-hybridized carbons (Fsp3) is 0.167. The zero-order chi connectivity index (χ0) is 23.6. The van der Waals surface area contributed by atoms with Gasteiger partial charge in [-0.2, -0.15) is 0 Å². The molecule has 4 rings (SSSR count). The Morgan fingerprint density at radius 2 is 1.55 bits per heavy atom. The van der Waals surface area contributed by atoms with E-state index in [0.29, 0.717) is 29.8 Å². The lowest BCUT2D eigenvalue weighted by Gasteiger charge is -2.18. The Morgan fingerprint density at radius 1 is 0.818 bits per heavy atom. The molecule has 172 valence electrons. The molecule has 0 radical (unpaired) electrons. The number of anilines is 2. The zero-order valence-electron chi connectivity index (χ0n) is 18.2. The van der Waals surface area contributed by atoms with Gasteiger partial charge in [-0.05, 0) is 78.9 Å². The Labute approximate surface area is 194 Å². The van der Waals surface area contributed by atoms with E-state index in [2.05, 4.69) is 9.44 Å². The first-order chi connectivity index (χ1) is 15.7. The summed E-state index contributed by atoms with van der Waals surface area (Å²) in [6, 6.07) is 18.5. The van der Waals surface area contributed by atoms with Gasteiger partial charge in [-0.25, -0.2) is 16.8 Å². The molecule has 2 N–H and O–H groups in total. The van der Waals surface area contributed by atoms with Crippen LogP contribution in [0.4, 0.5) is 11.4 Å². The number of rotatable bonds is 7. The van der Waals surface area contributed by atoms with Crippen LogP contribution < -0.4 is 14.2 Å². The van der Waals surface area contributed by atoms with Gasteiger partial charge < -0.3 is 4.74 Å². The topological polar surface area (TPSA) is 102 Å². The Kier molecular flexibility index (Phi) is 6.18. The smallest absolute Gasteiger partial charge is 0.261 e. The molecule has 7 nitrogen and oxygen atoms in total. The number of fused-ring (bicyclic) bond motifs is 1. The van der Waals surface area contributed by atoms with E-state index in [1.807, 2.05) is 24.3 Å². The molecule has 0 amide bonds. The molecule has 33 heavy (non-hydrogen) atoms. The molecule has 0 spiro atoms.